The summed E-state index contributed by atoms with van der Waals surface area (Å²) in [6.45, 7) is 3.16. The Kier molecular flexibility index (Phi) is 4.26. The third kappa shape index (κ3) is 1.86. The fourth-order valence-corrected chi connectivity index (χ4v) is 10.5. The largest absolute Gasteiger partial charge is 0.396 e. The van der Waals surface area contributed by atoms with Gasteiger partial charge in [-0.15, -0.1) is 0 Å². The molecule has 5 saturated carbocycles. The second-order valence-corrected chi connectivity index (χ2v) is 11.4. The Morgan fingerprint density at radius 2 is 1.90 bits per heavy atom. The van der Waals surface area contributed by atoms with Gasteiger partial charge in [-0.2, -0.15) is 0 Å². The van der Waals surface area contributed by atoms with Crippen LogP contribution in [-0.4, -0.2) is 106 Å². The summed E-state index contributed by atoms with van der Waals surface area (Å²) in [5.41, 5.74) is -4.25. The van der Waals surface area contributed by atoms with E-state index in [2.05, 4.69) is 4.90 Å². The first kappa shape index (κ1) is 21.2. The zero-order valence-corrected chi connectivity index (χ0v) is 18.6. The molecule has 1 saturated heterocycles. The van der Waals surface area contributed by atoms with E-state index in [4.69, 9.17) is 9.47 Å². The average molecular weight is 440 g/mol. The minimum atomic E-state index is -1.68. The van der Waals surface area contributed by atoms with Crippen molar-refractivity contribution in [2.24, 2.45) is 34.5 Å². The minimum Gasteiger partial charge on any atom is -0.396 e. The van der Waals surface area contributed by atoms with E-state index in [-0.39, 0.29) is 24.5 Å². The maximum atomic E-state index is 12.7. The fraction of sp³-hybridized carbons (Fsp3) is 1.00. The van der Waals surface area contributed by atoms with Gasteiger partial charge in [-0.1, -0.05) is 6.92 Å². The van der Waals surface area contributed by atoms with Crippen molar-refractivity contribution in [1.82, 2.24) is 4.90 Å². The predicted octanol–water partition coefficient (Wildman–Crippen LogP) is -1.04. The molecule has 0 aromatic rings. The Labute approximate surface area is 183 Å². The molecule has 1 spiro atoms. The third-order valence-corrected chi connectivity index (χ3v) is 11.2. The molecular formula is C23H37NO7. The molecule has 13 unspecified atom stereocenters. The highest BCUT2D eigenvalue weighted by atomic mass is 16.5. The van der Waals surface area contributed by atoms with Crippen molar-refractivity contribution in [2.75, 3.05) is 33.9 Å². The molecule has 31 heavy (non-hydrogen) atoms. The number of aliphatic hydroxyl groups excluding tert-OH is 4. The first-order valence-corrected chi connectivity index (χ1v) is 11.9. The Morgan fingerprint density at radius 3 is 2.52 bits per heavy atom. The van der Waals surface area contributed by atoms with Crippen molar-refractivity contribution < 1.29 is 35.0 Å². The summed E-state index contributed by atoms with van der Waals surface area (Å²) in [5, 5.41) is 58.4. The smallest absolute Gasteiger partial charge is 0.136 e. The van der Waals surface area contributed by atoms with Crippen molar-refractivity contribution in [3.63, 3.8) is 0 Å². The van der Waals surface area contributed by atoms with Gasteiger partial charge in [-0.3, -0.25) is 4.90 Å². The molecule has 8 nitrogen and oxygen atoms in total. The third-order valence-electron chi connectivity index (χ3n) is 11.2. The molecular weight excluding hydrogens is 402 g/mol. The average Bonchev–Trinajstić information content (AvgIpc) is 3.11. The first-order valence-electron chi connectivity index (χ1n) is 11.9. The highest BCUT2D eigenvalue weighted by Gasteiger charge is 2.91. The Balaban J connectivity index is 1.68. The van der Waals surface area contributed by atoms with Crippen LogP contribution in [0.2, 0.25) is 0 Å². The van der Waals surface area contributed by atoms with Crippen molar-refractivity contribution >= 4 is 0 Å². The number of piperidine rings is 1. The lowest BCUT2D eigenvalue weighted by Crippen LogP contribution is -2.82. The van der Waals surface area contributed by atoms with E-state index in [0.29, 0.717) is 38.8 Å². The lowest BCUT2D eigenvalue weighted by molar-refractivity contribution is -0.323. The van der Waals surface area contributed by atoms with Gasteiger partial charge in [-0.25, -0.2) is 0 Å². The van der Waals surface area contributed by atoms with E-state index < -0.39 is 58.2 Å². The van der Waals surface area contributed by atoms with E-state index in [9.17, 15) is 25.5 Å². The lowest BCUT2D eigenvalue weighted by Gasteiger charge is -2.70. The van der Waals surface area contributed by atoms with Crippen LogP contribution in [0.1, 0.15) is 32.6 Å². The van der Waals surface area contributed by atoms with Crippen LogP contribution in [0.15, 0.2) is 0 Å². The van der Waals surface area contributed by atoms with Crippen LogP contribution in [-0.2, 0) is 9.47 Å². The number of aliphatic hydroxyl groups is 5. The Bertz CT molecular complexity index is 783. The van der Waals surface area contributed by atoms with E-state index in [1.165, 1.54) is 0 Å². The lowest BCUT2D eigenvalue weighted by atomic mass is 9.42. The molecule has 0 aromatic carbocycles. The van der Waals surface area contributed by atoms with Crippen LogP contribution < -0.4 is 0 Å². The molecule has 13 atom stereocenters. The maximum absolute atomic E-state index is 12.7. The van der Waals surface area contributed by atoms with Crippen LogP contribution >= 0.6 is 0 Å². The molecule has 7 bridgehead atoms. The summed E-state index contributed by atoms with van der Waals surface area (Å²) >= 11 is 0. The van der Waals surface area contributed by atoms with Gasteiger partial charge in [0.1, 0.15) is 11.2 Å². The van der Waals surface area contributed by atoms with E-state index in [0.717, 1.165) is 0 Å². The van der Waals surface area contributed by atoms with Gasteiger partial charge < -0.3 is 35.0 Å². The number of methoxy groups -OCH3 is 2. The summed E-state index contributed by atoms with van der Waals surface area (Å²) in [4.78, 5) is 2.18. The maximum Gasteiger partial charge on any atom is 0.136 e. The summed E-state index contributed by atoms with van der Waals surface area (Å²) in [5.74, 6) is -1.06. The SMILES string of the molecule is CCN1CC2(CO)CCC(O)C34C5CC6C(OC)CC(OC)(C5C6O)C(O)(C(O)C23)C14. The van der Waals surface area contributed by atoms with Crippen LogP contribution in [0, 0.1) is 34.5 Å². The molecule has 1 heterocycles. The number of hydrogen-bond acceptors (Lipinski definition) is 8. The van der Waals surface area contributed by atoms with Gasteiger partial charge in [-0.05, 0) is 31.7 Å². The van der Waals surface area contributed by atoms with E-state index in [1.807, 2.05) is 6.92 Å². The zero-order chi connectivity index (χ0) is 22.1. The molecule has 1 aliphatic heterocycles. The molecule has 8 heteroatoms. The summed E-state index contributed by atoms with van der Waals surface area (Å²) in [7, 11) is 3.20. The second-order valence-electron chi connectivity index (χ2n) is 11.4. The van der Waals surface area contributed by atoms with Gasteiger partial charge in [0.25, 0.3) is 0 Å². The van der Waals surface area contributed by atoms with Crippen LogP contribution in [0.25, 0.3) is 0 Å². The Hall–Kier alpha value is -0.320. The first-order chi connectivity index (χ1) is 14.7. The number of likely N-dealkylation sites (N-methyl/N-ethyl adjacent to an activating group) is 1. The number of fused-ring (bicyclic) bond motifs is 2. The van der Waals surface area contributed by atoms with Crippen LogP contribution in [0.4, 0.5) is 0 Å². The monoisotopic (exact) mass is 439 g/mol. The van der Waals surface area contributed by atoms with Crippen molar-refractivity contribution in [2.45, 2.75) is 74.3 Å². The van der Waals surface area contributed by atoms with E-state index in [1.54, 1.807) is 14.2 Å². The van der Waals surface area contributed by atoms with Crippen LogP contribution in [0.3, 0.4) is 0 Å². The standard InChI is InChI=1S/C23H37NO7/c1-4-24-9-20(10-25)6-5-14(26)22-12-7-11-13(30-2)8-21(31-3,15(12)16(11)27)23(29,19(22)24)18(28)17(20)22/h11-19,25-29H,4-10H2,1-3H3. The normalized spacial score (nSPS) is 64.1. The van der Waals surface area contributed by atoms with Gasteiger partial charge in [0.2, 0.25) is 0 Å². The summed E-state index contributed by atoms with van der Waals surface area (Å²) in [6.07, 6.45) is -0.692. The molecule has 176 valence electrons. The molecule has 0 radical (unpaired) electrons. The number of hydrogen-bond donors (Lipinski definition) is 5. The van der Waals surface area contributed by atoms with Crippen molar-refractivity contribution in [3.8, 4) is 0 Å². The second kappa shape index (κ2) is 6.21. The molecule has 6 fully saturated rings. The number of ether oxygens (including phenoxy) is 2. The molecule has 5 aliphatic carbocycles. The molecule has 6 aliphatic rings. The van der Waals surface area contributed by atoms with Gasteiger partial charge in [0.05, 0.1) is 37.1 Å². The molecule has 5 N–H and O–H groups in total. The van der Waals surface area contributed by atoms with E-state index >= 15 is 0 Å². The number of nitrogens with zero attached hydrogens (tertiary/aromatic N) is 1. The molecule has 0 amide bonds. The minimum absolute atomic E-state index is 0.0907. The topological polar surface area (TPSA) is 123 Å². The Morgan fingerprint density at radius 1 is 1.16 bits per heavy atom. The fourth-order valence-electron chi connectivity index (χ4n) is 10.5. The van der Waals surface area contributed by atoms with Gasteiger partial charge >= 0.3 is 0 Å². The van der Waals surface area contributed by atoms with Gasteiger partial charge in [0.15, 0.2) is 0 Å². The quantitative estimate of drug-likeness (QED) is 0.377. The number of likely N-dealkylation sites (tertiary alicyclic amines) is 1. The summed E-state index contributed by atoms with van der Waals surface area (Å²) in [6, 6.07) is -0.497. The highest BCUT2D eigenvalue weighted by Crippen LogP contribution is 2.80. The number of rotatable bonds is 4. The zero-order valence-electron chi connectivity index (χ0n) is 18.6. The van der Waals surface area contributed by atoms with Crippen molar-refractivity contribution in [1.29, 1.82) is 0 Å². The van der Waals surface area contributed by atoms with Crippen LogP contribution in [0.5, 0.6) is 0 Å². The molecule has 6 rings (SSSR count). The highest BCUT2D eigenvalue weighted by molar-refractivity contribution is 5.41. The van der Waals surface area contributed by atoms with Crippen molar-refractivity contribution in [3.05, 3.63) is 0 Å². The summed E-state index contributed by atoms with van der Waals surface area (Å²) < 4.78 is 12.0. The van der Waals surface area contributed by atoms with Gasteiger partial charge in [0, 0.05) is 55.8 Å². The molecule has 0 aromatic heterocycles. The predicted molar refractivity (Wildman–Crippen MR) is 109 cm³/mol.